The zero-order valence-electron chi connectivity index (χ0n) is 32.5. The van der Waals surface area contributed by atoms with E-state index in [9.17, 15) is 20.6 Å². The summed E-state index contributed by atoms with van der Waals surface area (Å²) in [5, 5.41) is 30.2. The van der Waals surface area contributed by atoms with Crippen molar-refractivity contribution in [2.75, 3.05) is 5.73 Å². The van der Waals surface area contributed by atoms with Gasteiger partial charge in [0.05, 0.1) is 28.2 Å². The van der Waals surface area contributed by atoms with E-state index in [4.69, 9.17) is 23.6 Å². The van der Waals surface area contributed by atoms with E-state index in [-0.39, 0.29) is 10.6 Å². The summed E-state index contributed by atoms with van der Waals surface area (Å²) >= 11 is -0.826. The SMILES string of the molecule is CC(C)Cc1cc(C#N)cc(CC(C)C)c1Cc1ccccc1N.CC(C)Cc1cc(C#N)cc(CC(C)C)c1Cc1ccccc1[N+](=O)[O-].[Cl][Sn][Cl]. The van der Waals surface area contributed by atoms with Crippen LogP contribution < -0.4 is 5.73 Å². The van der Waals surface area contributed by atoms with Crippen LogP contribution in [0.4, 0.5) is 11.4 Å². The number of rotatable bonds is 13. The van der Waals surface area contributed by atoms with E-state index >= 15 is 0 Å². The number of para-hydroxylation sites is 2. The molecule has 0 bridgehead atoms. The van der Waals surface area contributed by atoms with E-state index in [1.54, 1.807) is 12.1 Å². The van der Waals surface area contributed by atoms with Crippen LogP contribution in [0.3, 0.4) is 0 Å². The van der Waals surface area contributed by atoms with E-state index < -0.39 is 18.9 Å². The Morgan fingerprint density at radius 1 is 0.623 bits per heavy atom. The number of nitriles is 2. The summed E-state index contributed by atoms with van der Waals surface area (Å²) in [6.07, 6.45) is 5.05. The molecule has 0 saturated carbocycles. The van der Waals surface area contributed by atoms with Crippen LogP contribution in [0, 0.1) is 56.4 Å². The Bertz CT molecular complexity index is 1810. The number of anilines is 1. The van der Waals surface area contributed by atoms with Gasteiger partial charge in [-0.25, -0.2) is 0 Å². The molecule has 53 heavy (non-hydrogen) atoms. The van der Waals surface area contributed by atoms with E-state index in [0.29, 0.717) is 35.7 Å². The zero-order valence-corrected chi connectivity index (χ0v) is 36.8. The predicted molar refractivity (Wildman–Crippen MR) is 224 cm³/mol. The Morgan fingerprint density at radius 2 is 0.943 bits per heavy atom. The van der Waals surface area contributed by atoms with Crippen LogP contribution in [0.5, 0.6) is 0 Å². The molecule has 0 atom stereocenters. The first-order valence-corrected chi connectivity index (χ1v) is 25.5. The number of nitro benzene ring substituents is 1. The van der Waals surface area contributed by atoms with Gasteiger partial charge in [0.1, 0.15) is 0 Å². The number of nitrogens with zero attached hydrogens (tertiary/aromatic N) is 3. The second kappa shape index (κ2) is 23.3. The Hall–Kier alpha value is -3.56. The third kappa shape index (κ3) is 15.4. The number of nitrogens with two attached hydrogens (primary N) is 1. The van der Waals surface area contributed by atoms with Gasteiger partial charge in [0.25, 0.3) is 5.69 Å². The van der Waals surface area contributed by atoms with Gasteiger partial charge in [-0.2, -0.15) is 10.5 Å². The molecule has 0 aliphatic rings. The van der Waals surface area contributed by atoms with Crippen LogP contribution in [0.25, 0.3) is 0 Å². The Morgan fingerprint density at radius 3 is 1.26 bits per heavy atom. The molecule has 4 aromatic carbocycles. The molecular weight excluding hydrogens is 806 g/mol. The average Bonchev–Trinajstić information content (AvgIpc) is 3.08. The third-order valence-electron chi connectivity index (χ3n) is 8.62. The fourth-order valence-electron chi connectivity index (χ4n) is 6.58. The molecule has 4 aromatic rings. The zero-order chi connectivity index (χ0) is 39.7. The van der Waals surface area contributed by atoms with Crippen molar-refractivity contribution in [3.05, 3.63) is 139 Å². The fourth-order valence-corrected chi connectivity index (χ4v) is 6.58. The van der Waals surface area contributed by atoms with Crippen molar-refractivity contribution < 1.29 is 4.92 Å². The molecule has 0 aliphatic carbocycles. The summed E-state index contributed by atoms with van der Waals surface area (Å²) < 4.78 is 0. The second-order valence-corrected chi connectivity index (χ2v) is 19.4. The van der Waals surface area contributed by atoms with E-state index in [1.165, 1.54) is 16.7 Å². The van der Waals surface area contributed by atoms with Gasteiger partial charge in [0, 0.05) is 30.2 Å². The van der Waals surface area contributed by atoms with E-state index in [1.807, 2.05) is 42.5 Å². The Labute approximate surface area is 335 Å². The summed E-state index contributed by atoms with van der Waals surface area (Å²) in [6, 6.07) is 27.6. The first-order valence-electron chi connectivity index (χ1n) is 18.2. The molecule has 0 spiro atoms. The molecule has 0 aliphatic heterocycles. The molecule has 0 heterocycles. The molecule has 9 heteroatoms. The number of hydrogen-bond acceptors (Lipinski definition) is 5. The van der Waals surface area contributed by atoms with Crippen molar-refractivity contribution in [3.8, 4) is 12.1 Å². The van der Waals surface area contributed by atoms with Crippen molar-refractivity contribution in [2.24, 2.45) is 23.7 Å². The first-order chi connectivity index (χ1) is 25.1. The molecule has 2 radical (unpaired) electrons. The van der Waals surface area contributed by atoms with Crippen molar-refractivity contribution in [3.63, 3.8) is 0 Å². The minimum atomic E-state index is -0.826. The molecule has 6 nitrogen and oxygen atoms in total. The summed E-state index contributed by atoms with van der Waals surface area (Å²) in [5.74, 6) is 2.00. The number of nitrogen functional groups attached to an aromatic ring is 1. The van der Waals surface area contributed by atoms with Crippen molar-refractivity contribution in [1.82, 2.24) is 0 Å². The molecule has 0 aromatic heterocycles. The molecule has 0 saturated heterocycles. The molecule has 0 unspecified atom stereocenters. The summed E-state index contributed by atoms with van der Waals surface area (Å²) in [7, 11) is 9.87. The topological polar surface area (TPSA) is 117 Å². The van der Waals surface area contributed by atoms with Gasteiger partial charge in [0.15, 0.2) is 0 Å². The van der Waals surface area contributed by atoms with Crippen molar-refractivity contribution in [1.29, 1.82) is 10.5 Å². The molecule has 0 fully saturated rings. The van der Waals surface area contributed by atoms with Crippen molar-refractivity contribution >= 4 is 48.1 Å². The number of benzene rings is 4. The van der Waals surface area contributed by atoms with Crippen LogP contribution in [0.2, 0.25) is 0 Å². The summed E-state index contributed by atoms with van der Waals surface area (Å²) in [4.78, 5) is 11.1. The van der Waals surface area contributed by atoms with Crippen LogP contribution in [-0.4, -0.2) is 23.8 Å². The van der Waals surface area contributed by atoms with E-state index in [0.717, 1.165) is 71.2 Å². The van der Waals surface area contributed by atoms with E-state index in [2.05, 4.69) is 85.7 Å². The van der Waals surface area contributed by atoms with Gasteiger partial charge in [-0.1, -0.05) is 91.8 Å². The number of nitro groups is 1. The number of hydrogen-bond donors (Lipinski definition) is 1. The molecule has 280 valence electrons. The van der Waals surface area contributed by atoms with Crippen LogP contribution >= 0.6 is 17.8 Å². The normalized spacial score (nSPS) is 10.7. The fraction of sp³-hybridized carbons (Fsp3) is 0.409. The quantitative estimate of drug-likeness (QED) is 0.0622. The summed E-state index contributed by atoms with van der Waals surface area (Å²) in [6.45, 7) is 17.5. The van der Waals surface area contributed by atoms with Gasteiger partial charge < -0.3 is 5.73 Å². The van der Waals surface area contributed by atoms with Crippen LogP contribution in [-0.2, 0) is 38.5 Å². The third-order valence-corrected chi connectivity index (χ3v) is 8.62. The molecule has 2 N–H and O–H groups in total. The maximum absolute atomic E-state index is 11.4. The Kier molecular flexibility index (Phi) is 20.0. The number of halogens is 2. The van der Waals surface area contributed by atoms with Gasteiger partial charge >= 0.3 is 36.7 Å². The average molecular weight is 861 g/mol. The van der Waals surface area contributed by atoms with Gasteiger partial charge in [-0.3, -0.25) is 10.1 Å². The standard InChI is InChI=1S/C22H26N2O2.C22H28N2.2ClH.Sn/c1-15(2)9-19-11-17(14-23)12-20(10-16(3)4)21(19)13-18-7-5-6-8-22(18)24(25)26;1-15(2)9-19-11-17(14-23)12-20(10-16(3)4)21(19)13-18-7-5-6-8-22(18)24;;;/h5-8,11-12,15-16H,9-10,13H2,1-4H3;5-8,11-12,15-16H,9-10,13,24H2,1-4H3;2*1H;/q;;;;+2/p-2. The molecular formula is C44H54Cl2N4O2Sn. The molecule has 4 rings (SSSR count). The molecule has 0 amide bonds. The minimum absolute atomic E-state index is 0.155. The van der Waals surface area contributed by atoms with Crippen LogP contribution in [0.1, 0.15) is 111 Å². The first kappa shape index (κ1) is 45.6. The van der Waals surface area contributed by atoms with Gasteiger partial charge in [-0.15, -0.1) is 0 Å². The Balaban J connectivity index is 0.000000342. The van der Waals surface area contributed by atoms with Gasteiger partial charge in [-0.05, 0) is 119 Å². The monoisotopic (exact) mass is 860 g/mol. The predicted octanol–water partition coefficient (Wildman–Crippen LogP) is 11.6. The summed E-state index contributed by atoms with van der Waals surface area (Å²) in [5.41, 5.74) is 17.8. The van der Waals surface area contributed by atoms with Crippen LogP contribution in [0.15, 0.2) is 72.8 Å². The van der Waals surface area contributed by atoms with Crippen molar-refractivity contribution in [2.45, 2.75) is 93.9 Å². The second-order valence-electron chi connectivity index (χ2n) is 15.2. The maximum atomic E-state index is 11.4. The van der Waals surface area contributed by atoms with Gasteiger partial charge in [0.2, 0.25) is 0 Å².